The molecule has 2 rings (SSSR count). The van der Waals surface area contributed by atoms with E-state index >= 15 is 0 Å². The molecule has 0 saturated heterocycles. The molecule has 3 nitrogen and oxygen atoms in total. The summed E-state index contributed by atoms with van der Waals surface area (Å²) in [4.78, 5) is 0. The van der Waals surface area contributed by atoms with E-state index in [0.29, 0.717) is 11.8 Å². The summed E-state index contributed by atoms with van der Waals surface area (Å²) in [7, 11) is 0. The highest BCUT2D eigenvalue weighted by molar-refractivity contribution is 5.32. The van der Waals surface area contributed by atoms with Gasteiger partial charge < -0.3 is 4.74 Å². The van der Waals surface area contributed by atoms with Gasteiger partial charge in [-0.2, -0.15) is 0 Å². The molecule has 3 N–H and O–H groups in total. The van der Waals surface area contributed by atoms with Crippen molar-refractivity contribution in [2.24, 2.45) is 11.8 Å². The predicted octanol–water partition coefficient (Wildman–Crippen LogP) is 3.39. The lowest BCUT2D eigenvalue weighted by molar-refractivity contribution is -0.000602. The van der Waals surface area contributed by atoms with Crippen LogP contribution < -0.4 is 11.3 Å². The molecule has 0 heterocycles. The maximum atomic E-state index is 5.94. The molecule has 3 unspecified atom stereocenters. The highest BCUT2D eigenvalue weighted by Gasteiger charge is 2.29. The molecule has 0 saturated carbocycles. The number of nitrogens with one attached hydrogen (secondary N) is 1. The van der Waals surface area contributed by atoms with Crippen LogP contribution in [0.3, 0.4) is 0 Å². The van der Waals surface area contributed by atoms with Crippen molar-refractivity contribution in [3.8, 4) is 0 Å². The van der Waals surface area contributed by atoms with E-state index in [-0.39, 0.29) is 12.1 Å². The van der Waals surface area contributed by atoms with Crippen LogP contribution >= 0.6 is 0 Å². The lowest BCUT2D eigenvalue weighted by Crippen LogP contribution is -2.48. The van der Waals surface area contributed by atoms with Gasteiger partial charge in [-0.25, -0.2) is 0 Å². The summed E-state index contributed by atoms with van der Waals surface area (Å²) in [5, 5.41) is 0. The van der Waals surface area contributed by atoms with Gasteiger partial charge in [0.15, 0.2) is 0 Å². The average Bonchev–Trinajstić information content (AvgIpc) is 2.50. The quantitative estimate of drug-likeness (QED) is 0.598. The van der Waals surface area contributed by atoms with Crippen LogP contribution in [0, 0.1) is 5.92 Å². The van der Waals surface area contributed by atoms with Crippen LogP contribution in [0.4, 0.5) is 0 Å². The largest absolute Gasteiger partial charge is 0.377 e. The summed E-state index contributed by atoms with van der Waals surface area (Å²) in [6.45, 7) is 7.21. The summed E-state index contributed by atoms with van der Waals surface area (Å²) >= 11 is 0. The number of rotatable bonds is 7. The van der Waals surface area contributed by atoms with Crippen LogP contribution in [0.25, 0.3) is 0 Å². The average molecular weight is 290 g/mol. The van der Waals surface area contributed by atoms with Crippen molar-refractivity contribution in [1.29, 1.82) is 0 Å². The second-order valence-corrected chi connectivity index (χ2v) is 6.46. The van der Waals surface area contributed by atoms with Crippen LogP contribution in [0.1, 0.15) is 57.1 Å². The number of ether oxygens (including phenoxy) is 1. The summed E-state index contributed by atoms with van der Waals surface area (Å²) in [5.41, 5.74) is 6.05. The van der Waals surface area contributed by atoms with Crippen LogP contribution in [0.5, 0.6) is 0 Å². The van der Waals surface area contributed by atoms with Crippen LogP contribution in [-0.4, -0.2) is 18.8 Å². The SMILES string of the molecule is CCOC(C(C)C)C(CC1CCCc2ccccc21)NN. The number of hydrogen-bond acceptors (Lipinski definition) is 3. The van der Waals surface area contributed by atoms with Crippen molar-refractivity contribution >= 4 is 0 Å². The first-order valence-corrected chi connectivity index (χ1v) is 8.32. The van der Waals surface area contributed by atoms with E-state index < -0.39 is 0 Å². The minimum atomic E-state index is 0.175. The Hall–Kier alpha value is -0.900. The first-order chi connectivity index (χ1) is 10.2. The van der Waals surface area contributed by atoms with Crippen LogP contribution in [0.2, 0.25) is 0 Å². The van der Waals surface area contributed by atoms with Crippen molar-refractivity contribution in [2.45, 2.75) is 64.5 Å². The fraction of sp³-hybridized carbons (Fsp3) is 0.667. The molecule has 1 aliphatic carbocycles. The van der Waals surface area contributed by atoms with Gasteiger partial charge in [0.05, 0.1) is 6.10 Å². The van der Waals surface area contributed by atoms with E-state index in [1.165, 1.54) is 30.4 Å². The number of hydrogen-bond donors (Lipinski definition) is 2. The first kappa shape index (κ1) is 16.5. The molecule has 0 bridgehead atoms. The van der Waals surface area contributed by atoms with Gasteiger partial charge in [0.1, 0.15) is 0 Å². The third-order valence-electron chi connectivity index (χ3n) is 4.66. The Labute approximate surface area is 129 Å². The second kappa shape index (κ2) is 7.92. The molecule has 0 aliphatic heterocycles. The van der Waals surface area contributed by atoms with E-state index in [4.69, 9.17) is 10.6 Å². The Kier molecular flexibility index (Phi) is 6.22. The molecule has 118 valence electrons. The van der Waals surface area contributed by atoms with Gasteiger partial charge in [0.25, 0.3) is 0 Å². The Bertz CT molecular complexity index is 433. The Morgan fingerprint density at radius 3 is 2.76 bits per heavy atom. The molecule has 0 radical (unpaired) electrons. The highest BCUT2D eigenvalue weighted by Crippen LogP contribution is 2.35. The maximum absolute atomic E-state index is 5.94. The molecule has 3 atom stereocenters. The summed E-state index contributed by atoms with van der Waals surface area (Å²) in [6.07, 6.45) is 4.98. The van der Waals surface area contributed by atoms with Crippen molar-refractivity contribution in [1.82, 2.24) is 5.43 Å². The fourth-order valence-electron chi connectivity index (χ4n) is 3.67. The third kappa shape index (κ3) is 4.06. The van der Waals surface area contributed by atoms with Crippen LogP contribution in [0.15, 0.2) is 24.3 Å². The molecule has 3 heteroatoms. The van der Waals surface area contributed by atoms with Crippen molar-refractivity contribution in [2.75, 3.05) is 6.61 Å². The molecule has 0 fully saturated rings. The van der Waals surface area contributed by atoms with E-state index in [2.05, 4.69) is 50.5 Å². The number of aryl methyl sites for hydroxylation is 1. The molecular formula is C18H30N2O. The lowest BCUT2D eigenvalue weighted by atomic mass is 9.78. The summed E-state index contributed by atoms with van der Waals surface area (Å²) in [6, 6.07) is 9.08. The van der Waals surface area contributed by atoms with Gasteiger partial charge in [-0.15, -0.1) is 0 Å². The van der Waals surface area contributed by atoms with E-state index in [9.17, 15) is 0 Å². The number of hydrazine groups is 1. The van der Waals surface area contributed by atoms with Crippen molar-refractivity contribution in [3.63, 3.8) is 0 Å². The summed E-state index contributed by atoms with van der Waals surface area (Å²) < 4.78 is 5.94. The predicted molar refractivity (Wildman–Crippen MR) is 88.1 cm³/mol. The topological polar surface area (TPSA) is 47.3 Å². The number of fused-ring (bicyclic) bond motifs is 1. The zero-order valence-electron chi connectivity index (χ0n) is 13.6. The zero-order valence-corrected chi connectivity index (χ0v) is 13.6. The van der Waals surface area contributed by atoms with Gasteiger partial charge in [-0.05, 0) is 55.6 Å². The minimum absolute atomic E-state index is 0.175. The van der Waals surface area contributed by atoms with E-state index in [1.807, 2.05) is 0 Å². The molecule has 0 aromatic heterocycles. The Balaban J connectivity index is 2.12. The van der Waals surface area contributed by atoms with Gasteiger partial charge in [0.2, 0.25) is 0 Å². The third-order valence-corrected chi connectivity index (χ3v) is 4.66. The Morgan fingerprint density at radius 1 is 1.33 bits per heavy atom. The highest BCUT2D eigenvalue weighted by atomic mass is 16.5. The molecule has 1 aliphatic rings. The molecule has 21 heavy (non-hydrogen) atoms. The van der Waals surface area contributed by atoms with Gasteiger partial charge in [0, 0.05) is 12.6 Å². The van der Waals surface area contributed by atoms with Crippen molar-refractivity contribution < 1.29 is 4.74 Å². The lowest BCUT2D eigenvalue weighted by Gasteiger charge is -2.34. The van der Waals surface area contributed by atoms with Gasteiger partial charge >= 0.3 is 0 Å². The number of benzene rings is 1. The normalized spacial score (nSPS) is 21.1. The molecule has 1 aromatic carbocycles. The first-order valence-electron chi connectivity index (χ1n) is 8.32. The maximum Gasteiger partial charge on any atom is 0.0764 e. The molecule has 1 aromatic rings. The number of nitrogens with two attached hydrogens (primary N) is 1. The van der Waals surface area contributed by atoms with Gasteiger partial charge in [-0.3, -0.25) is 11.3 Å². The molecule has 0 spiro atoms. The molecule has 0 amide bonds. The summed E-state index contributed by atoms with van der Waals surface area (Å²) in [5.74, 6) is 6.91. The van der Waals surface area contributed by atoms with Gasteiger partial charge in [-0.1, -0.05) is 38.1 Å². The zero-order chi connectivity index (χ0) is 15.2. The monoisotopic (exact) mass is 290 g/mol. The fourth-order valence-corrected chi connectivity index (χ4v) is 3.67. The van der Waals surface area contributed by atoms with Crippen molar-refractivity contribution in [3.05, 3.63) is 35.4 Å². The van der Waals surface area contributed by atoms with E-state index in [1.54, 1.807) is 0 Å². The second-order valence-electron chi connectivity index (χ2n) is 6.46. The molecular weight excluding hydrogens is 260 g/mol. The standard InChI is InChI=1S/C18H30N2O/c1-4-21-18(13(2)3)17(20-19)12-15-10-7-9-14-8-5-6-11-16(14)15/h5-6,8,11,13,15,17-18,20H,4,7,9-10,12,19H2,1-3H3. The smallest absolute Gasteiger partial charge is 0.0764 e. The van der Waals surface area contributed by atoms with Crippen LogP contribution in [-0.2, 0) is 11.2 Å². The Morgan fingerprint density at radius 2 is 2.10 bits per heavy atom. The minimum Gasteiger partial charge on any atom is -0.377 e. The van der Waals surface area contributed by atoms with E-state index in [0.717, 1.165) is 13.0 Å².